The Bertz CT molecular complexity index is 753. The van der Waals surface area contributed by atoms with E-state index in [-0.39, 0.29) is 19.1 Å². The molecule has 7 heteroatoms. The summed E-state index contributed by atoms with van der Waals surface area (Å²) < 4.78 is 11.8. The van der Waals surface area contributed by atoms with E-state index in [9.17, 15) is 9.59 Å². The maximum Gasteiger partial charge on any atom is 0.325 e. The van der Waals surface area contributed by atoms with Gasteiger partial charge in [0.05, 0.1) is 24.6 Å². The second kappa shape index (κ2) is 9.15. The first-order chi connectivity index (χ1) is 12.5. The number of carbonyl (C=O) groups excluding carboxylic acids is 2. The topological polar surface area (TPSA) is 73.7 Å². The molecule has 0 saturated heterocycles. The molecule has 0 saturated carbocycles. The number of hydrogen-bond donors (Lipinski definition) is 0. The van der Waals surface area contributed by atoms with Gasteiger partial charge in [0.25, 0.3) is 5.91 Å². The number of esters is 1. The standard InChI is InChI=1S/C19H25N3O4/c1-5-26-18(23)13-21(10-11-25-4)19(24)16-6-8-17(9-7-16)22-15(3)12-14(2)20-22/h6-9,12H,5,10-11,13H2,1-4H3. The fraction of sp³-hybridized carbons (Fsp3) is 0.421. The Morgan fingerprint density at radius 3 is 2.42 bits per heavy atom. The summed E-state index contributed by atoms with van der Waals surface area (Å²) in [6, 6.07) is 9.14. The van der Waals surface area contributed by atoms with Gasteiger partial charge in [-0.15, -0.1) is 0 Å². The van der Waals surface area contributed by atoms with Gasteiger partial charge < -0.3 is 14.4 Å². The maximum atomic E-state index is 12.7. The van der Waals surface area contributed by atoms with Gasteiger partial charge in [-0.25, -0.2) is 4.68 Å². The first-order valence-corrected chi connectivity index (χ1v) is 8.53. The molecule has 0 N–H and O–H groups in total. The number of benzene rings is 1. The summed E-state index contributed by atoms with van der Waals surface area (Å²) in [6.07, 6.45) is 0. The third-order valence-electron chi connectivity index (χ3n) is 3.85. The molecule has 1 heterocycles. The second-order valence-corrected chi connectivity index (χ2v) is 5.91. The van der Waals surface area contributed by atoms with Crippen molar-refractivity contribution in [1.29, 1.82) is 0 Å². The van der Waals surface area contributed by atoms with Crippen molar-refractivity contribution in [3.8, 4) is 5.69 Å². The Morgan fingerprint density at radius 2 is 1.88 bits per heavy atom. The van der Waals surface area contributed by atoms with Crippen LogP contribution in [0.2, 0.25) is 0 Å². The van der Waals surface area contributed by atoms with Crippen molar-refractivity contribution in [2.75, 3.05) is 33.4 Å². The molecule has 0 unspecified atom stereocenters. The summed E-state index contributed by atoms with van der Waals surface area (Å²) in [7, 11) is 1.55. The number of carbonyl (C=O) groups is 2. The predicted molar refractivity (Wildman–Crippen MR) is 97.5 cm³/mol. The van der Waals surface area contributed by atoms with Crippen LogP contribution in [0.15, 0.2) is 30.3 Å². The summed E-state index contributed by atoms with van der Waals surface area (Å²) in [5, 5.41) is 4.43. The molecule has 0 aliphatic carbocycles. The highest BCUT2D eigenvalue weighted by molar-refractivity contribution is 5.96. The molecule has 1 amide bonds. The van der Waals surface area contributed by atoms with E-state index in [0.29, 0.717) is 18.7 Å². The Kier molecular flexibility index (Phi) is 6.91. The van der Waals surface area contributed by atoms with Crippen molar-refractivity contribution in [3.63, 3.8) is 0 Å². The van der Waals surface area contributed by atoms with E-state index < -0.39 is 5.97 Å². The van der Waals surface area contributed by atoms with Gasteiger partial charge in [0.15, 0.2) is 0 Å². The van der Waals surface area contributed by atoms with Gasteiger partial charge in [0.2, 0.25) is 0 Å². The van der Waals surface area contributed by atoms with Gasteiger partial charge in [-0.3, -0.25) is 9.59 Å². The molecule has 0 aliphatic heterocycles. The Balaban J connectivity index is 2.17. The van der Waals surface area contributed by atoms with Crippen molar-refractivity contribution >= 4 is 11.9 Å². The van der Waals surface area contributed by atoms with Crippen LogP contribution in [0.3, 0.4) is 0 Å². The summed E-state index contributed by atoms with van der Waals surface area (Å²) in [4.78, 5) is 25.9. The Labute approximate surface area is 153 Å². The van der Waals surface area contributed by atoms with E-state index in [4.69, 9.17) is 9.47 Å². The number of nitrogens with zero attached hydrogens (tertiary/aromatic N) is 3. The minimum absolute atomic E-state index is 0.102. The molecule has 140 valence electrons. The first kappa shape index (κ1) is 19.7. The molecular weight excluding hydrogens is 334 g/mol. The SMILES string of the molecule is CCOC(=O)CN(CCOC)C(=O)c1ccc(-n2nc(C)cc2C)cc1. The molecule has 0 aliphatic rings. The zero-order valence-electron chi connectivity index (χ0n) is 15.7. The lowest BCUT2D eigenvalue weighted by Gasteiger charge is -2.21. The summed E-state index contributed by atoms with van der Waals surface area (Å²) >= 11 is 0. The van der Waals surface area contributed by atoms with Crippen LogP contribution in [-0.4, -0.2) is 60.0 Å². The fourth-order valence-corrected chi connectivity index (χ4v) is 2.63. The van der Waals surface area contributed by atoms with Gasteiger partial charge in [-0.1, -0.05) is 0 Å². The molecule has 0 atom stereocenters. The number of hydrogen-bond acceptors (Lipinski definition) is 5. The lowest BCUT2D eigenvalue weighted by atomic mass is 10.1. The molecule has 26 heavy (non-hydrogen) atoms. The monoisotopic (exact) mass is 359 g/mol. The van der Waals surface area contributed by atoms with Gasteiger partial charge >= 0.3 is 5.97 Å². The maximum absolute atomic E-state index is 12.7. The number of aryl methyl sites for hydroxylation is 2. The number of aromatic nitrogens is 2. The minimum atomic E-state index is -0.434. The highest BCUT2D eigenvalue weighted by Gasteiger charge is 2.19. The van der Waals surface area contributed by atoms with Crippen LogP contribution in [0.25, 0.3) is 5.69 Å². The molecule has 2 rings (SSSR count). The fourth-order valence-electron chi connectivity index (χ4n) is 2.63. The summed E-state index contributed by atoms with van der Waals surface area (Å²) in [5.74, 6) is -0.675. The van der Waals surface area contributed by atoms with Crippen molar-refractivity contribution in [2.45, 2.75) is 20.8 Å². The molecular formula is C19H25N3O4. The van der Waals surface area contributed by atoms with Crippen molar-refractivity contribution in [2.24, 2.45) is 0 Å². The first-order valence-electron chi connectivity index (χ1n) is 8.53. The molecule has 7 nitrogen and oxygen atoms in total. The highest BCUT2D eigenvalue weighted by atomic mass is 16.5. The van der Waals surface area contributed by atoms with Crippen LogP contribution in [0.4, 0.5) is 0 Å². The van der Waals surface area contributed by atoms with E-state index in [1.807, 2.05) is 36.7 Å². The van der Waals surface area contributed by atoms with Gasteiger partial charge in [0, 0.05) is 24.9 Å². The van der Waals surface area contributed by atoms with Crippen molar-refractivity contribution in [1.82, 2.24) is 14.7 Å². The molecule has 0 bridgehead atoms. The van der Waals surface area contributed by atoms with Crippen LogP contribution >= 0.6 is 0 Å². The number of methoxy groups -OCH3 is 1. The van der Waals surface area contributed by atoms with Crippen LogP contribution in [0, 0.1) is 13.8 Å². The van der Waals surface area contributed by atoms with Crippen LogP contribution < -0.4 is 0 Å². The van der Waals surface area contributed by atoms with E-state index >= 15 is 0 Å². The van der Waals surface area contributed by atoms with Crippen LogP contribution in [0.5, 0.6) is 0 Å². The van der Waals surface area contributed by atoms with E-state index in [1.165, 1.54) is 4.90 Å². The normalized spacial score (nSPS) is 10.6. The Hall–Kier alpha value is -2.67. The van der Waals surface area contributed by atoms with E-state index in [2.05, 4.69) is 5.10 Å². The van der Waals surface area contributed by atoms with Crippen molar-refractivity contribution < 1.29 is 19.1 Å². The molecule has 1 aromatic carbocycles. The zero-order chi connectivity index (χ0) is 19.1. The third-order valence-corrected chi connectivity index (χ3v) is 3.85. The largest absolute Gasteiger partial charge is 0.465 e. The zero-order valence-corrected chi connectivity index (χ0v) is 15.7. The average Bonchev–Trinajstić information content (AvgIpc) is 2.96. The smallest absolute Gasteiger partial charge is 0.325 e. The van der Waals surface area contributed by atoms with E-state index in [1.54, 1.807) is 26.2 Å². The summed E-state index contributed by atoms with van der Waals surface area (Å²) in [5.41, 5.74) is 3.32. The minimum Gasteiger partial charge on any atom is -0.465 e. The number of amides is 1. The number of ether oxygens (including phenoxy) is 2. The van der Waals surface area contributed by atoms with E-state index in [0.717, 1.165) is 17.1 Å². The molecule has 1 aromatic heterocycles. The van der Waals surface area contributed by atoms with Gasteiger partial charge in [0.1, 0.15) is 6.54 Å². The number of rotatable bonds is 8. The molecule has 0 fully saturated rings. The van der Waals surface area contributed by atoms with Crippen LogP contribution in [-0.2, 0) is 14.3 Å². The molecule has 2 aromatic rings. The van der Waals surface area contributed by atoms with Crippen LogP contribution in [0.1, 0.15) is 28.7 Å². The average molecular weight is 359 g/mol. The third kappa shape index (κ3) is 4.92. The van der Waals surface area contributed by atoms with Crippen molar-refractivity contribution in [3.05, 3.63) is 47.3 Å². The molecule has 0 radical (unpaired) electrons. The van der Waals surface area contributed by atoms with Gasteiger partial charge in [-0.2, -0.15) is 5.10 Å². The lowest BCUT2D eigenvalue weighted by Crippen LogP contribution is -2.38. The Morgan fingerprint density at radius 1 is 1.19 bits per heavy atom. The molecule has 0 spiro atoms. The quantitative estimate of drug-likeness (QED) is 0.675. The second-order valence-electron chi connectivity index (χ2n) is 5.91. The lowest BCUT2D eigenvalue weighted by molar-refractivity contribution is -0.143. The summed E-state index contributed by atoms with van der Waals surface area (Å²) in [6.45, 7) is 6.48. The van der Waals surface area contributed by atoms with Gasteiger partial charge in [-0.05, 0) is 51.1 Å². The predicted octanol–water partition coefficient (Wildman–Crippen LogP) is 2.14. The highest BCUT2D eigenvalue weighted by Crippen LogP contribution is 2.14.